The summed E-state index contributed by atoms with van der Waals surface area (Å²) < 4.78 is 2.08. The topological polar surface area (TPSA) is 67.7 Å². The molecule has 1 aromatic heterocycles. The number of hydrogen-bond acceptors (Lipinski definition) is 2. The van der Waals surface area contributed by atoms with E-state index in [2.05, 4.69) is 23.6 Å². The van der Waals surface area contributed by atoms with Gasteiger partial charge in [0.05, 0.1) is 12.0 Å². The average Bonchev–Trinajstić information content (AvgIpc) is 2.48. The first-order valence-corrected chi connectivity index (χ1v) is 5.98. The fraction of sp³-hybridized carbons (Fsp3) is 0.667. The predicted molar refractivity (Wildman–Crippen MR) is 64.7 cm³/mol. The van der Waals surface area contributed by atoms with Crippen molar-refractivity contribution in [1.29, 1.82) is 5.41 Å². The summed E-state index contributed by atoms with van der Waals surface area (Å²) in [6, 6.07) is 0.384. The van der Waals surface area contributed by atoms with Crippen LogP contribution in [0.4, 0.5) is 0 Å². The van der Waals surface area contributed by atoms with Crippen molar-refractivity contribution in [3.8, 4) is 0 Å². The predicted octanol–water partition coefficient (Wildman–Crippen LogP) is 1.89. The maximum Gasteiger partial charge on any atom is 0.0940 e. The second-order valence-corrected chi connectivity index (χ2v) is 4.90. The molecule has 0 amide bonds. The van der Waals surface area contributed by atoms with E-state index in [0.29, 0.717) is 11.9 Å². The van der Waals surface area contributed by atoms with Gasteiger partial charge in [-0.05, 0) is 45.1 Å². The van der Waals surface area contributed by atoms with Crippen molar-refractivity contribution in [2.45, 2.75) is 45.6 Å². The minimum atomic E-state index is 0.204. The number of aryl methyl sites for hydroxylation is 1. The highest BCUT2D eigenvalue weighted by atomic mass is 15.3. The lowest BCUT2D eigenvalue weighted by Gasteiger charge is -2.16. The lowest BCUT2D eigenvalue weighted by atomic mass is 9.99. The summed E-state index contributed by atoms with van der Waals surface area (Å²) in [5, 5.41) is 12.0. The molecule has 0 aliphatic heterocycles. The van der Waals surface area contributed by atoms with Crippen LogP contribution in [0.5, 0.6) is 0 Å². The third kappa shape index (κ3) is 1.96. The van der Waals surface area contributed by atoms with Crippen LogP contribution >= 0.6 is 0 Å². The van der Waals surface area contributed by atoms with E-state index in [-0.39, 0.29) is 5.92 Å². The SMILES string of the molecule is CC(C)n1ncc2c1C[C@H](C(=N)N)CCC2. The number of aromatic nitrogens is 2. The highest BCUT2D eigenvalue weighted by Crippen LogP contribution is 2.26. The third-order valence-corrected chi connectivity index (χ3v) is 3.35. The van der Waals surface area contributed by atoms with Crippen molar-refractivity contribution in [3.05, 3.63) is 17.5 Å². The smallest absolute Gasteiger partial charge is 0.0940 e. The van der Waals surface area contributed by atoms with Gasteiger partial charge in [-0.3, -0.25) is 10.1 Å². The van der Waals surface area contributed by atoms with Gasteiger partial charge in [-0.15, -0.1) is 0 Å². The summed E-state index contributed by atoms with van der Waals surface area (Å²) in [7, 11) is 0. The molecule has 1 aliphatic rings. The lowest BCUT2D eigenvalue weighted by molar-refractivity contribution is 0.491. The summed E-state index contributed by atoms with van der Waals surface area (Å²) in [6.07, 6.45) is 6.08. The van der Waals surface area contributed by atoms with Crippen LogP contribution in [0.1, 0.15) is 44.0 Å². The molecular formula is C12H20N4. The third-order valence-electron chi connectivity index (χ3n) is 3.35. The summed E-state index contributed by atoms with van der Waals surface area (Å²) in [4.78, 5) is 0. The van der Waals surface area contributed by atoms with Gasteiger partial charge in [0.15, 0.2) is 0 Å². The van der Waals surface area contributed by atoms with Crippen LogP contribution in [-0.4, -0.2) is 15.6 Å². The summed E-state index contributed by atoms with van der Waals surface area (Å²) in [6.45, 7) is 4.28. The van der Waals surface area contributed by atoms with E-state index >= 15 is 0 Å². The van der Waals surface area contributed by atoms with Crippen molar-refractivity contribution in [2.24, 2.45) is 11.7 Å². The van der Waals surface area contributed by atoms with E-state index < -0.39 is 0 Å². The van der Waals surface area contributed by atoms with Crippen LogP contribution in [0.3, 0.4) is 0 Å². The molecule has 4 heteroatoms. The molecule has 0 saturated carbocycles. The first-order chi connectivity index (χ1) is 7.59. The number of nitrogens with one attached hydrogen (secondary N) is 1. The second kappa shape index (κ2) is 4.28. The van der Waals surface area contributed by atoms with Crippen LogP contribution in [0.15, 0.2) is 6.20 Å². The van der Waals surface area contributed by atoms with Gasteiger partial charge in [-0.2, -0.15) is 5.10 Å². The molecule has 0 radical (unpaired) electrons. The van der Waals surface area contributed by atoms with Gasteiger partial charge in [0.2, 0.25) is 0 Å². The molecule has 0 unspecified atom stereocenters. The minimum absolute atomic E-state index is 0.204. The first kappa shape index (κ1) is 11.2. The molecule has 0 spiro atoms. The van der Waals surface area contributed by atoms with Crippen LogP contribution in [0.2, 0.25) is 0 Å². The highest BCUT2D eigenvalue weighted by Gasteiger charge is 2.23. The van der Waals surface area contributed by atoms with Crippen molar-refractivity contribution in [1.82, 2.24) is 9.78 Å². The van der Waals surface area contributed by atoms with Gasteiger partial charge < -0.3 is 5.73 Å². The van der Waals surface area contributed by atoms with Gasteiger partial charge in [0.1, 0.15) is 0 Å². The number of hydrogen-bond donors (Lipinski definition) is 2. The van der Waals surface area contributed by atoms with Gasteiger partial charge in [-0.25, -0.2) is 0 Å². The second-order valence-electron chi connectivity index (χ2n) is 4.90. The van der Waals surface area contributed by atoms with Crippen LogP contribution < -0.4 is 5.73 Å². The Kier molecular flexibility index (Phi) is 2.99. The quantitative estimate of drug-likeness (QED) is 0.454. The van der Waals surface area contributed by atoms with Crippen molar-refractivity contribution < 1.29 is 0 Å². The molecule has 0 saturated heterocycles. The van der Waals surface area contributed by atoms with E-state index in [1.807, 2.05) is 6.20 Å². The Morgan fingerprint density at radius 1 is 1.62 bits per heavy atom. The summed E-state index contributed by atoms with van der Waals surface area (Å²) in [5.41, 5.74) is 8.27. The Morgan fingerprint density at radius 2 is 2.38 bits per heavy atom. The zero-order valence-corrected chi connectivity index (χ0v) is 10.0. The normalized spacial score (nSPS) is 20.6. The van der Waals surface area contributed by atoms with E-state index in [9.17, 15) is 0 Å². The number of fused-ring (bicyclic) bond motifs is 1. The van der Waals surface area contributed by atoms with Crippen LogP contribution in [0, 0.1) is 11.3 Å². The highest BCUT2D eigenvalue weighted by molar-refractivity contribution is 5.79. The van der Waals surface area contributed by atoms with Gasteiger partial charge >= 0.3 is 0 Å². The zero-order chi connectivity index (χ0) is 11.7. The molecule has 88 valence electrons. The Morgan fingerprint density at radius 3 is 3.00 bits per heavy atom. The molecular weight excluding hydrogens is 200 g/mol. The van der Waals surface area contributed by atoms with Crippen molar-refractivity contribution in [3.63, 3.8) is 0 Å². The van der Waals surface area contributed by atoms with E-state index in [1.54, 1.807) is 0 Å². The lowest BCUT2D eigenvalue weighted by Crippen LogP contribution is -2.25. The molecule has 2 rings (SSSR count). The largest absolute Gasteiger partial charge is 0.387 e. The summed E-state index contributed by atoms with van der Waals surface area (Å²) >= 11 is 0. The molecule has 0 fully saturated rings. The van der Waals surface area contributed by atoms with Gasteiger partial charge in [0, 0.05) is 17.7 Å². The van der Waals surface area contributed by atoms with Crippen molar-refractivity contribution >= 4 is 5.84 Å². The number of rotatable bonds is 2. The maximum atomic E-state index is 7.61. The average molecular weight is 220 g/mol. The Labute approximate surface area is 96.3 Å². The fourth-order valence-electron chi connectivity index (χ4n) is 2.44. The van der Waals surface area contributed by atoms with E-state index in [0.717, 1.165) is 25.7 Å². The van der Waals surface area contributed by atoms with E-state index in [1.165, 1.54) is 11.3 Å². The Bertz CT molecular complexity index is 392. The molecule has 4 nitrogen and oxygen atoms in total. The molecule has 3 N–H and O–H groups in total. The standard InChI is InChI=1S/C12H20N4/c1-8(2)16-11-6-9(12(13)14)4-3-5-10(11)7-15-16/h7-9H,3-6H2,1-2H3,(H3,13,14)/t9-/m1/s1. The van der Waals surface area contributed by atoms with Gasteiger partial charge in [-0.1, -0.05) is 0 Å². The number of nitrogens with two attached hydrogens (primary N) is 1. The molecule has 0 bridgehead atoms. The first-order valence-electron chi connectivity index (χ1n) is 5.98. The van der Waals surface area contributed by atoms with Crippen LogP contribution in [0.25, 0.3) is 0 Å². The number of amidine groups is 1. The minimum Gasteiger partial charge on any atom is -0.387 e. The molecule has 1 aromatic rings. The molecule has 1 aliphatic carbocycles. The fourth-order valence-corrected chi connectivity index (χ4v) is 2.44. The summed E-state index contributed by atoms with van der Waals surface area (Å²) in [5.74, 6) is 0.528. The molecule has 1 heterocycles. The van der Waals surface area contributed by atoms with Gasteiger partial charge in [0.25, 0.3) is 0 Å². The molecule has 1 atom stereocenters. The van der Waals surface area contributed by atoms with E-state index in [4.69, 9.17) is 11.1 Å². The Hall–Kier alpha value is -1.32. The van der Waals surface area contributed by atoms with Crippen molar-refractivity contribution in [2.75, 3.05) is 0 Å². The zero-order valence-electron chi connectivity index (χ0n) is 10.0. The molecule has 0 aromatic carbocycles. The maximum absolute atomic E-state index is 7.61. The molecule has 16 heavy (non-hydrogen) atoms. The van der Waals surface area contributed by atoms with Crippen LogP contribution in [-0.2, 0) is 12.8 Å². The monoisotopic (exact) mass is 220 g/mol. The number of nitrogens with zero attached hydrogens (tertiary/aromatic N) is 2. The Balaban J connectivity index is 2.32.